The number of fused-ring (bicyclic) bond motifs is 7. The van der Waals surface area contributed by atoms with Gasteiger partial charge < -0.3 is 14.2 Å². The fraction of sp³-hybridized carbons (Fsp3) is 0.967. The molecule has 2 aliphatic heterocycles. The minimum Gasteiger partial charge on any atom is -0.463 e. The van der Waals surface area contributed by atoms with Crippen LogP contribution in [-0.4, -0.2) is 51.3 Å². The Morgan fingerprint density at radius 3 is 2.39 bits per heavy atom. The molecule has 8 heteroatoms. The van der Waals surface area contributed by atoms with Gasteiger partial charge >= 0.3 is 5.97 Å². The second-order valence-electron chi connectivity index (χ2n) is 14.6. The molecule has 216 valence electrons. The van der Waals surface area contributed by atoms with Crippen molar-refractivity contribution >= 4 is 16.1 Å². The average Bonchev–Trinajstić information content (AvgIpc) is 3.25. The van der Waals surface area contributed by atoms with Gasteiger partial charge in [0.25, 0.3) is 10.1 Å². The summed E-state index contributed by atoms with van der Waals surface area (Å²) in [5.41, 5.74) is -0.0705. The quantitative estimate of drug-likeness (QED) is 0.346. The van der Waals surface area contributed by atoms with E-state index in [0.717, 1.165) is 64.4 Å². The van der Waals surface area contributed by atoms with Crippen LogP contribution >= 0.6 is 0 Å². The molecule has 2 heterocycles. The molecule has 1 spiro atoms. The average molecular weight is 553 g/mol. The van der Waals surface area contributed by atoms with Crippen molar-refractivity contribution in [3.63, 3.8) is 0 Å². The highest BCUT2D eigenvalue weighted by atomic mass is 32.2. The van der Waals surface area contributed by atoms with Gasteiger partial charge in [-0.1, -0.05) is 27.7 Å². The molecule has 7 nitrogen and oxygen atoms in total. The Bertz CT molecular complexity index is 1050. The lowest BCUT2D eigenvalue weighted by Gasteiger charge is -2.63. The lowest BCUT2D eigenvalue weighted by molar-refractivity contribution is -0.274. The number of ether oxygens (including phenoxy) is 3. The molecule has 0 aromatic rings. The van der Waals surface area contributed by atoms with E-state index in [2.05, 4.69) is 27.7 Å². The second-order valence-corrected chi connectivity index (χ2v) is 16.2. The van der Waals surface area contributed by atoms with Crippen LogP contribution < -0.4 is 0 Å². The van der Waals surface area contributed by atoms with Gasteiger partial charge in [0.1, 0.15) is 6.10 Å². The second kappa shape index (κ2) is 9.15. The normalized spacial score (nSPS) is 54.1. The summed E-state index contributed by atoms with van der Waals surface area (Å²) >= 11 is 0. The SMILES string of the molecule is CC(=O)O[C@H]1CC[C@@]2(C)[C@@H](CC[C@@H]3[C@@H]2[C@H](OS(C)(=O)=O)C[C@]2(C)[C@@H]4[C@H](C[C@@H]32)O[C@]2(CCC(C)CO2)[C@H]4C)C1. The van der Waals surface area contributed by atoms with E-state index < -0.39 is 15.9 Å². The van der Waals surface area contributed by atoms with Crippen molar-refractivity contribution in [1.29, 1.82) is 0 Å². The number of rotatable bonds is 3. The fourth-order valence-corrected chi connectivity index (χ4v) is 11.6. The first-order valence-corrected chi connectivity index (χ1v) is 16.9. The lowest BCUT2D eigenvalue weighted by Crippen LogP contribution is -2.60. The molecule has 38 heavy (non-hydrogen) atoms. The third-order valence-electron chi connectivity index (χ3n) is 12.4. The molecule has 0 aromatic carbocycles. The molecule has 6 aliphatic rings. The predicted molar refractivity (Wildman–Crippen MR) is 142 cm³/mol. The largest absolute Gasteiger partial charge is 0.463 e. The van der Waals surface area contributed by atoms with Crippen molar-refractivity contribution in [2.75, 3.05) is 12.9 Å². The zero-order chi connectivity index (χ0) is 27.3. The molecular weight excluding hydrogens is 504 g/mol. The summed E-state index contributed by atoms with van der Waals surface area (Å²) in [6.45, 7) is 11.6. The molecule has 2 saturated heterocycles. The van der Waals surface area contributed by atoms with E-state index in [4.69, 9.17) is 18.4 Å². The fourth-order valence-electron chi connectivity index (χ4n) is 11.0. The smallest absolute Gasteiger partial charge is 0.302 e. The van der Waals surface area contributed by atoms with Crippen molar-refractivity contribution in [3.05, 3.63) is 0 Å². The summed E-state index contributed by atoms with van der Waals surface area (Å²) < 4.78 is 50.4. The van der Waals surface area contributed by atoms with E-state index in [9.17, 15) is 13.2 Å². The Balaban J connectivity index is 1.32. The molecule has 13 atom stereocenters. The zero-order valence-electron chi connectivity index (χ0n) is 24.1. The lowest BCUT2D eigenvalue weighted by atomic mass is 9.43. The third kappa shape index (κ3) is 4.21. The summed E-state index contributed by atoms with van der Waals surface area (Å²) in [5, 5.41) is 0. The summed E-state index contributed by atoms with van der Waals surface area (Å²) in [7, 11) is -3.62. The van der Waals surface area contributed by atoms with Crippen molar-refractivity contribution in [2.45, 2.75) is 117 Å². The van der Waals surface area contributed by atoms with Gasteiger partial charge in [0.15, 0.2) is 5.79 Å². The molecule has 0 amide bonds. The Morgan fingerprint density at radius 2 is 1.74 bits per heavy atom. The monoisotopic (exact) mass is 552 g/mol. The van der Waals surface area contributed by atoms with Gasteiger partial charge in [-0.15, -0.1) is 0 Å². The van der Waals surface area contributed by atoms with E-state index in [1.165, 1.54) is 13.2 Å². The molecule has 0 aromatic heterocycles. The van der Waals surface area contributed by atoms with Gasteiger partial charge in [0.05, 0.1) is 25.1 Å². The highest BCUT2D eigenvalue weighted by Crippen LogP contribution is 2.71. The number of carbonyl (C=O) groups is 1. The van der Waals surface area contributed by atoms with Crippen LogP contribution in [0, 0.1) is 52.3 Å². The van der Waals surface area contributed by atoms with Crippen molar-refractivity contribution in [2.24, 2.45) is 52.3 Å². The number of carbonyl (C=O) groups excluding carboxylic acids is 1. The maximum atomic E-state index is 12.6. The highest BCUT2D eigenvalue weighted by molar-refractivity contribution is 7.86. The van der Waals surface area contributed by atoms with Gasteiger partial charge in [-0.25, -0.2) is 0 Å². The van der Waals surface area contributed by atoms with E-state index in [1.807, 2.05) is 0 Å². The molecule has 0 radical (unpaired) electrons. The number of hydrogen-bond donors (Lipinski definition) is 0. The van der Waals surface area contributed by atoms with Crippen LogP contribution in [0.1, 0.15) is 92.4 Å². The standard InChI is InChI=1S/C30H48O7S/c1-17-9-12-30(34-16-17)18(2)26-24(36-30)14-23-22-8-7-20-13-21(35-19(3)31)10-11-28(20,4)27(22)25(15-29(23,26)5)37-38(6,32)33/h17-18,20-27H,7-16H2,1-6H3/t17?,18-,20-,21-,22-,23-,24-,25+,26-,27+,28-,29-,30+/m0/s1. The van der Waals surface area contributed by atoms with Crippen molar-refractivity contribution in [3.8, 4) is 0 Å². The van der Waals surface area contributed by atoms with E-state index in [-0.39, 0.29) is 46.9 Å². The van der Waals surface area contributed by atoms with Crippen LogP contribution in [0.25, 0.3) is 0 Å². The molecule has 1 unspecified atom stereocenters. The van der Waals surface area contributed by atoms with Crippen molar-refractivity contribution < 1.29 is 31.6 Å². The highest BCUT2D eigenvalue weighted by Gasteiger charge is 2.71. The van der Waals surface area contributed by atoms with Crippen LogP contribution in [0.15, 0.2) is 0 Å². The minimum atomic E-state index is -3.62. The minimum absolute atomic E-state index is 0.0235. The topological polar surface area (TPSA) is 88.1 Å². The first kappa shape index (κ1) is 27.5. The Morgan fingerprint density at radius 1 is 0.974 bits per heavy atom. The van der Waals surface area contributed by atoms with Crippen LogP contribution in [0.4, 0.5) is 0 Å². The maximum Gasteiger partial charge on any atom is 0.302 e. The zero-order valence-corrected chi connectivity index (χ0v) is 24.9. The third-order valence-corrected chi connectivity index (χ3v) is 13.0. The number of esters is 1. The van der Waals surface area contributed by atoms with E-state index >= 15 is 0 Å². The van der Waals surface area contributed by atoms with Crippen LogP contribution in [0.2, 0.25) is 0 Å². The first-order chi connectivity index (χ1) is 17.8. The maximum absolute atomic E-state index is 12.6. The summed E-state index contributed by atoms with van der Waals surface area (Å²) in [5.74, 6) is 1.99. The molecule has 4 saturated carbocycles. The van der Waals surface area contributed by atoms with Crippen LogP contribution in [-0.2, 0) is 33.3 Å². The molecule has 0 bridgehead atoms. The summed E-state index contributed by atoms with van der Waals surface area (Å²) in [4.78, 5) is 11.7. The molecule has 6 fully saturated rings. The summed E-state index contributed by atoms with van der Waals surface area (Å²) in [6.07, 6.45) is 9.71. The van der Waals surface area contributed by atoms with Gasteiger partial charge in [0.2, 0.25) is 0 Å². The predicted octanol–water partition coefficient (Wildman–Crippen LogP) is 5.32. The van der Waals surface area contributed by atoms with E-state index in [0.29, 0.717) is 29.6 Å². The Labute approximate surface area is 229 Å². The van der Waals surface area contributed by atoms with Gasteiger partial charge in [0, 0.05) is 19.3 Å². The first-order valence-electron chi connectivity index (χ1n) is 15.1. The molecular formula is C30H48O7S. The number of hydrogen-bond acceptors (Lipinski definition) is 7. The van der Waals surface area contributed by atoms with Gasteiger partial charge in [-0.2, -0.15) is 8.42 Å². The molecule has 6 rings (SSSR count). The van der Waals surface area contributed by atoms with Crippen LogP contribution in [0.5, 0.6) is 0 Å². The van der Waals surface area contributed by atoms with E-state index in [1.54, 1.807) is 0 Å². The van der Waals surface area contributed by atoms with Gasteiger partial charge in [-0.05, 0) is 97.7 Å². The Kier molecular flexibility index (Phi) is 6.62. The van der Waals surface area contributed by atoms with Gasteiger partial charge in [-0.3, -0.25) is 8.98 Å². The Hall–Kier alpha value is -0.700. The van der Waals surface area contributed by atoms with Crippen LogP contribution in [0.3, 0.4) is 0 Å². The molecule has 0 N–H and O–H groups in total. The summed E-state index contributed by atoms with van der Waals surface area (Å²) in [6, 6.07) is 0. The molecule has 4 aliphatic carbocycles. The van der Waals surface area contributed by atoms with Crippen molar-refractivity contribution in [1.82, 2.24) is 0 Å².